The van der Waals surface area contributed by atoms with E-state index in [0.29, 0.717) is 34.9 Å². The zero-order valence-corrected chi connectivity index (χ0v) is 23.1. The van der Waals surface area contributed by atoms with E-state index in [9.17, 15) is 19.2 Å². The van der Waals surface area contributed by atoms with Crippen LogP contribution in [0, 0.1) is 5.92 Å². The van der Waals surface area contributed by atoms with Crippen LogP contribution in [-0.2, 0) is 11.3 Å². The predicted molar refractivity (Wildman–Crippen MR) is 158 cm³/mol. The Morgan fingerprint density at radius 1 is 0.878 bits per heavy atom. The van der Waals surface area contributed by atoms with E-state index in [1.165, 1.54) is 18.4 Å². The first-order chi connectivity index (χ1) is 19.9. The zero-order valence-electron chi connectivity index (χ0n) is 22.3. The Morgan fingerprint density at radius 3 is 2.51 bits per heavy atom. The highest BCUT2D eigenvalue weighted by atomic mass is 32.1. The SMILES string of the molecule is COC(=O)c1ccccc1NC(=O)c1ccc(N2CC3CC(C2)c2cccc(=O)n2C3)c(NC(=O)c2cccs2)c1. The molecule has 2 bridgehead atoms. The van der Waals surface area contributed by atoms with E-state index in [2.05, 4.69) is 15.5 Å². The van der Waals surface area contributed by atoms with Gasteiger partial charge in [-0.1, -0.05) is 24.3 Å². The van der Waals surface area contributed by atoms with Crippen LogP contribution in [0.4, 0.5) is 17.1 Å². The Balaban J connectivity index is 1.32. The molecular formula is C31H28N4O5S. The number of hydrogen-bond acceptors (Lipinski definition) is 7. The standard InChI is InChI=1S/C31H28N4O5S/c1-40-31(39)22-6-2-3-7-23(22)32-29(37)20-11-12-26(24(15-20)33-30(38)27-9-5-13-41-27)34-16-19-14-21(18-34)25-8-4-10-28(36)35(25)17-19/h2-13,15,19,21H,14,16-18H2,1H3,(H,32,37)(H,33,38). The van der Waals surface area contributed by atoms with Gasteiger partial charge in [-0.2, -0.15) is 0 Å². The maximum Gasteiger partial charge on any atom is 0.339 e. The van der Waals surface area contributed by atoms with Crippen molar-refractivity contribution in [2.24, 2.45) is 5.92 Å². The molecular weight excluding hydrogens is 540 g/mol. The van der Waals surface area contributed by atoms with Crippen molar-refractivity contribution in [1.82, 2.24) is 4.57 Å². The number of thiophene rings is 1. The fourth-order valence-corrected chi connectivity index (χ4v) is 6.43. The molecule has 0 aliphatic carbocycles. The fraction of sp³-hybridized carbons (Fsp3) is 0.226. The summed E-state index contributed by atoms with van der Waals surface area (Å²) < 4.78 is 6.73. The Kier molecular flexibility index (Phi) is 7.15. The number of aromatic nitrogens is 1. The van der Waals surface area contributed by atoms with Gasteiger partial charge in [0.1, 0.15) is 0 Å². The topological polar surface area (TPSA) is 110 Å². The van der Waals surface area contributed by atoms with E-state index >= 15 is 0 Å². The number of piperidine rings is 1. The summed E-state index contributed by atoms with van der Waals surface area (Å²) in [6, 6.07) is 20.9. The maximum absolute atomic E-state index is 13.3. The predicted octanol–water partition coefficient (Wildman–Crippen LogP) is 4.82. The van der Waals surface area contributed by atoms with Crippen molar-refractivity contribution in [3.05, 3.63) is 110 Å². The van der Waals surface area contributed by atoms with E-state index in [-0.39, 0.29) is 28.9 Å². The van der Waals surface area contributed by atoms with Crippen molar-refractivity contribution in [1.29, 1.82) is 0 Å². The Labute approximate surface area is 240 Å². The highest BCUT2D eigenvalue weighted by molar-refractivity contribution is 7.12. The van der Waals surface area contributed by atoms with Crippen LogP contribution in [-0.4, -0.2) is 42.6 Å². The normalized spacial score (nSPS) is 17.3. The van der Waals surface area contributed by atoms with E-state index < -0.39 is 11.9 Å². The summed E-state index contributed by atoms with van der Waals surface area (Å²) in [7, 11) is 1.29. The largest absolute Gasteiger partial charge is 0.465 e. The molecule has 2 aromatic carbocycles. The van der Waals surface area contributed by atoms with Crippen LogP contribution in [0.5, 0.6) is 0 Å². The molecule has 2 aromatic heterocycles. The van der Waals surface area contributed by atoms with Crippen LogP contribution in [0.2, 0.25) is 0 Å². The lowest BCUT2D eigenvalue weighted by Gasteiger charge is -2.44. The molecule has 4 heterocycles. The third kappa shape index (κ3) is 5.26. The lowest BCUT2D eigenvalue weighted by molar-refractivity contribution is 0.0601. The summed E-state index contributed by atoms with van der Waals surface area (Å²) in [5, 5.41) is 7.66. The fourth-order valence-electron chi connectivity index (χ4n) is 5.81. The number of nitrogens with zero attached hydrogens (tertiary/aromatic N) is 2. The van der Waals surface area contributed by atoms with E-state index in [0.717, 1.165) is 24.3 Å². The minimum absolute atomic E-state index is 0.0266. The summed E-state index contributed by atoms with van der Waals surface area (Å²) in [6.45, 7) is 2.05. The highest BCUT2D eigenvalue weighted by Gasteiger charge is 2.35. The second kappa shape index (κ2) is 11.1. The first-order valence-electron chi connectivity index (χ1n) is 13.3. The molecule has 6 rings (SSSR count). The second-order valence-corrected chi connectivity index (χ2v) is 11.2. The molecule has 0 radical (unpaired) electrons. The first kappa shape index (κ1) is 26.5. The van der Waals surface area contributed by atoms with Gasteiger partial charge in [0.25, 0.3) is 17.4 Å². The van der Waals surface area contributed by atoms with Gasteiger partial charge in [-0.25, -0.2) is 4.79 Å². The number of benzene rings is 2. The molecule has 2 aliphatic rings. The first-order valence-corrected chi connectivity index (χ1v) is 14.2. The van der Waals surface area contributed by atoms with Crippen LogP contribution in [0.15, 0.2) is 83.0 Å². The number of amides is 2. The lowest BCUT2D eigenvalue weighted by Crippen LogP contribution is -2.47. The molecule has 2 unspecified atom stereocenters. The third-order valence-electron chi connectivity index (χ3n) is 7.65. The van der Waals surface area contributed by atoms with Crippen molar-refractivity contribution >= 4 is 46.2 Å². The summed E-state index contributed by atoms with van der Waals surface area (Å²) in [4.78, 5) is 53.9. The smallest absolute Gasteiger partial charge is 0.339 e. The number of hydrogen-bond donors (Lipinski definition) is 2. The van der Waals surface area contributed by atoms with Crippen LogP contribution in [0.1, 0.15) is 48.4 Å². The molecule has 0 saturated carbocycles. The summed E-state index contributed by atoms with van der Waals surface area (Å²) >= 11 is 1.34. The van der Waals surface area contributed by atoms with E-state index in [1.807, 2.05) is 34.2 Å². The molecule has 1 fully saturated rings. The van der Waals surface area contributed by atoms with Gasteiger partial charge in [0.2, 0.25) is 0 Å². The Bertz CT molecular complexity index is 1700. The van der Waals surface area contributed by atoms with Crippen molar-refractivity contribution in [2.75, 3.05) is 35.7 Å². The maximum atomic E-state index is 13.3. The molecule has 1 saturated heterocycles. The van der Waals surface area contributed by atoms with Gasteiger partial charge in [0, 0.05) is 42.9 Å². The highest BCUT2D eigenvalue weighted by Crippen LogP contribution is 2.39. The van der Waals surface area contributed by atoms with Crippen LogP contribution in [0.25, 0.3) is 0 Å². The average molecular weight is 569 g/mol. The van der Waals surface area contributed by atoms with Crippen LogP contribution < -0.4 is 21.1 Å². The van der Waals surface area contributed by atoms with Crippen molar-refractivity contribution in [3.8, 4) is 0 Å². The molecule has 2 aliphatic heterocycles. The van der Waals surface area contributed by atoms with Crippen molar-refractivity contribution in [3.63, 3.8) is 0 Å². The van der Waals surface area contributed by atoms with Gasteiger partial charge in [-0.3, -0.25) is 14.4 Å². The molecule has 208 valence electrons. The summed E-state index contributed by atoms with van der Waals surface area (Å²) in [6.07, 6.45) is 0.997. The Hall–Kier alpha value is -4.70. The molecule has 4 aromatic rings. The number of fused-ring (bicyclic) bond motifs is 4. The van der Waals surface area contributed by atoms with Gasteiger partial charge in [-0.15, -0.1) is 11.3 Å². The lowest BCUT2D eigenvalue weighted by atomic mass is 9.83. The number of carbonyl (C=O) groups is 3. The number of rotatable bonds is 6. The molecule has 2 amide bonds. The molecule has 2 N–H and O–H groups in total. The summed E-state index contributed by atoms with van der Waals surface area (Å²) in [5.74, 6) is -0.790. The average Bonchev–Trinajstić information content (AvgIpc) is 3.53. The minimum atomic E-state index is -0.556. The number of methoxy groups -OCH3 is 1. The van der Waals surface area contributed by atoms with Crippen LogP contribution >= 0.6 is 11.3 Å². The number of para-hydroxylation sites is 1. The number of ether oxygens (including phenoxy) is 1. The van der Waals surface area contributed by atoms with Gasteiger partial charge in [-0.05, 0) is 60.2 Å². The van der Waals surface area contributed by atoms with Crippen molar-refractivity contribution < 1.29 is 19.1 Å². The number of nitrogens with one attached hydrogen (secondary N) is 2. The third-order valence-corrected chi connectivity index (χ3v) is 8.52. The van der Waals surface area contributed by atoms with Gasteiger partial charge < -0.3 is 24.8 Å². The molecule has 10 heteroatoms. The monoisotopic (exact) mass is 568 g/mol. The minimum Gasteiger partial charge on any atom is -0.465 e. The number of carbonyl (C=O) groups excluding carboxylic acids is 3. The zero-order chi connectivity index (χ0) is 28.5. The van der Waals surface area contributed by atoms with E-state index in [1.54, 1.807) is 48.5 Å². The van der Waals surface area contributed by atoms with Gasteiger partial charge in [0.15, 0.2) is 0 Å². The van der Waals surface area contributed by atoms with Crippen molar-refractivity contribution in [2.45, 2.75) is 18.9 Å². The molecule has 9 nitrogen and oxygen atoms in total. The number of anilines is 3. The summed E-state index contributed by atoms with van der Waals surface area (Å²) in [5.41, 5.74) is 3.27. The van der Waals surface area contributed by atoms with E-state index in [4.69, 9.17) is 4.74 Å². The molecule has 0 spiro atoms. The second-order valence-electron chi connectivity index (χ2n) is 10.3. The Morgan fingerprint density at radius 2 is 1.71 bits per heavy atom. The molecule has 2 atom stereocenters. The van der Waals surface area contributed by atoms with Gasteiger partial charge >= 0.3 is 5.97 Å². The number of pyridine rings is 1. The molecule has 41 heavy (non-hydrogen) atoms. The quantitative estimate of drug-likeness (QED) is 0.323. The van der Waals surface area contributed by atoms with Crippen LogP contribution in [0.3, 0.4) is 0 Å². The number of esters is 1. The van der Waals surface area contributed by atoms with Gasteiger partial charge in [0.05, 0.1) is 34.6 Å².